The average molecular weight is 402 g/mol. The SMILES string of the molecule is CC(C)c1ccc(S(=O)(=O)NCCc2n[nH]c(Cc3ccc(F)cc3)n2)cc1. The van der Waals surface area contributed by atoms with Crippen LogP contribution in [0.25, 0.3) is 0 Å². The topological polar surface area (TPSA) is 87.7 Å². The number of hydrogen-bond donors (Lipinski definition) is 2. The second-order valence-corrected chi connectivity index (χ2v) is 8.64. The number of hydrogen-bond acceptors (Lipinski definition) is 4. The largest absolute Gasteiger partial charge is 0.263 e. The Labute approximate surface area is 164 Å². The highest BCUT2D eigenvalue weighted by molar-refractivity contribution is 7.89. The van der Waals surface area contributed by atoms with Crippen LogP contribution in [0.1, 0.15) is 42.5 Å². The zero-order valence-corrected chi connectivity index (χ0v) is 16.6. The maximum atomic E-state index is 13.0. The molecule has 0 aliphatic heterocycles. The van der Waals surface area contributed by atoms with Crippen LogP contribution in [-0.4, -0.2) is 30.1 Å². The minimum absolute atomic E-state index is 0.197. The molecule has 1 aromatic heterocycles. The van der Waals surface area contributed by atoms with Crippen molar-refractivity contribution in [2.75, 3.05) is 6.54 Å². The lowest BCUT2D eigenvalue weighted by Crippen LogP contribution is -2.26. The predicted molar refractivity (Wildman–Crippen MR) is 105 cm³/mol. The summed E-state index contributed by atoms with van der Waals surface area (Å²) in [4.78, 5) is 4.60. The third-order valence-electron chi connectivity index (χ3n) is 4.36. The fraction of sp³-hybridized carbons (Fsp3) is 0.300. The fourth-order valence-corrected chi connectivity index (χ4v) is 3.77. The Morgan fingerprint density at radius 1 is 1.07 bits per heavy atom. The molecule has 0 unspecified atom stereocenters. The van der Waals surface area contributed by atoms with Crippen molar-refractivity contribution in [2.45, 2.75) is 37.5 Å². The highest BCUT2D eigenvalue weighted by Crippen LogP contribution is 2.17. The molecular weight excluding hydrogens is 379 g/mol. The van der Waals surface area contributed by atoms with Gasteiger partial charge in [0.15, 0.2) is 5.82 Å². The van der Waals surface area contributed by atoms with Crippen LogP contribution in [0.5, 0.6) is 0 Å². The number of benzene rings is 2. The van der Waals surface area contributed by atoms with Gasteiger partial charge in [0.25, 0.3) is 0 Å². The van der Waals surface area contributed by atoms with Gasteiger partial charge in [0.2, 0.25) is 10.0 Å². The van der Waals surface area contributed by atoms with Crippen LogP contribution in [0, 0.1) is 5.82 Å². The average Bonchev–Trinajstić information content (AvgIpc) is 3.11. The second kappa shape index (κ2) is 8.62. The Morgan fingerprint density at radius 2 is 1.75 bits per heavy atom. The number of H-pyrrole nitrogens is 1. The van der Waals surface area contributed by atoms with Gasteiger partial charge in [-0.1, -0.05) is 38.1 Å². The maximum Gasteiger partial charge on any atom is 0.240 e. The normalized spacial score (nSPS) is 11.9. The zero-order chi connectivity index (χ0) is 20.1. The van der Waals surface area contributed by atoms with Crippen molar-refractivity contribution in [1.29, 1.82) is 0 Å². The summed E-state index contributed by atoms with van der Waals surface area (Å²) in [5, 5.41) is 6.94. The number of rotatable bonds is 8. The monoisotopic (exact) mass is 402 g/mol. The van der Waals surface area contributed by atoms with Crippen LogP contribution < -0.4 is 4.72 Å². The summed E-state index contributed by atoms with van der Waals surface area (Å²) >= 11 is 0. The van der Waals surface area contributed by atoms with E-state index in [0.29, 0.717) is 30.4 Å². The Kier molecular flexibility index (Phi) is 6.21. The van der Waals surface area contributed by atoms with Crippen LogP contribution >= 0.6 is 0 Å². The number of aromatic amines is 1. The van der Waals surface area contributed by atoms with Crippen molar-refractivity contribution < 1.29 is 12.8 Å². The number of nitrogens with one attached hydrogen (secondary N) is 2. The van der Waals surface area contributed by atoms with E-state index in [1.54, 1.807) is 24.3 Å². The van der Waals surface area contributed by atoms with Gasteiger partial charge in [0.1, 0.15) is 11.6 Å². The van der Waals surface area contributed by atoms with Gasteiger partial charge in [-0.2, -0.15) is 5.10 Å². The molecule has 2 aromatic carbocycles. The summed E-state index contributed by atoms with van der Waals surface area (Å²) in [6, 6.07) is 13.1. The van der Waals surface area contributed by atoms with Gasteiger partial charge < -0.3 is 0 Å². The van der Waals surface area contributed by atoms with Gasteiger partial charge >= 0.3 is 0 Å². The van der Waals surface area contributed by atoms with Crippen LogP contribution in [0.4, 0.5) is 4.39 Å². The molecule has 28 heavy (non-hydrogen) atoms. The molecule has 0 aliphatic carbocycles. The van der Waals surface area contributed by atoms with E-state index in [-0.39, 0.29) is 17.3 Å². The van der Waals surface area contributed by atoms with Crippen LogP contribution in [0.2, 0.25) is 0 Å². The minimum atomic E-state index is -3.57. The van der Waals surface area contributed by atoms with E-state index in [9.17, 15) is 12.8 Å². The van der Waals surface area contributed by atoms with E-state index in [0.717, 1.165) is 11.1 Å². The van der Waals surface area contributed by atoms with Crippen molar-refractivity contribution in [3.63, 3.8) is 0 Å². The Morgan fingerprint density at radius 3 is 2.39 bits per heavy atom. The van der Waals surface area contributed by atoms with Crippen molar-refractivity contribution in [3.8, 4) is 0 Å². The summed E-state index contributed by atoms with van der Waals surface area (Å²) in [5.41, 5.74) is 2.00. The first-order valence-electron chi connectivity index (χ1n) is 9.08. The molecule has 0 spiro atoms. The van der Waals surface area contributed by atoms with Gasteiger partial charge in [-0.15, -0.1) is 0 Å². The van der Waals surface area contributed by atoms with Gasteiger partial charge in [-0.05, 0) is 41.3 Å². The molecule has 0 amide bonds. The Bertz CT molecular complexity index is 1010. The Hall–Kier alpha value is -2.58. The fourth-order valence-electron chi connectivity index (χ4n) is 2.73. The van der Waals surface area contributed by atoms with Crippen LogP contribution in [0.3, 0.4) is 0 Å². The molecule has 0 bridgehead atoms. The number of aromatic nitrogens is 3. The second-order valence-electron chi connectivity index (χ2n) is 6.87. The van der Waals surface area contributed by atoms with Crippen LogP contribution in [-0.2, 0) is 22.9 Å². The molecular formula is C20H23FN4O2S. The van der Waals surface area contributed by atoms with E-state index in [1.165, 1.54) is 12.1 Å². The van der Waals surface area contributed by atoms with E-state index < -0.39 is 10.0 Å². The molecule has 0 atom stereocenters. The predicted octanol–water partition coefficient (Wildman–Crippen LogP) is 3.18. The van der Waals surface area contributed by atoms with Gasteiger partial charge in [0, 0.05) is 19.4 Å². The molecule has 0 radical (unpaired) electrons. The highest BCUT2D eigenvalue weighted by Gasteiger charge is 2.14. The molecule has 148 valence electrons. The summed E-state index contributed by atoms with van der Waals surface area (Å²) in [7, 11) is -3.57. The van der Waals surface area contributed by atoms with Crippen molar-refractivity contribution >= 4 is 10.0 Å². The molecule has 3 rings (SSSR count). The molecule has 2 N–H and O–H groups in total. The number of nitrogens with zero attached hydrogens (tertiary/aromatic N) is 2. The number of sulfonamides is 1. The quantitative estimate of drug-likeness (QED) is 0.606. The lowest BCUT2D eigenvalue weighted by Gasteiger charge is -2.08. The summed E-state index contributed by atoms with van der Waals surface area (Å²) in [6.07, 6.45) is 0.866. The molecule has 0 saturated heterocycles. The van der Waals surface area contributed by atoms with Crippen molar-refractivity contribution in [2.24, 2.45) is 0 Å². The van der Waals surface area contributed by atoms with Gasteiger partial charge in [-0.25, -0.2) is 22.5 Å². The third kappa shape index (κ3) is 5.24. The summed E-state index contributed by atoms with van der Waals surface area (Å²) in [6.45, 7) is 4.31. The standard InChI is InChI=1S/C20H23FN4O2S/c1-14(2)16-5-9-18(10-6-16)28(26,27)22-12-11-19-23-20(25-24-19)13-15-3-7-17(21)8-4-15/h3-10,14,22H,11-13H2,1-2H3,(H,23,24,25). The third-order valence-corrected chi connectivity index (χ3v) is 5.84. The molecule has 8 heteroatoms. The molecule has 0 aliphatic rings. The number of halogens is 1. The van der Waals surface area contributed by atoms with Gasteiger partial charge in [-0.3, -0.25) is 5.10 Å². The van der Waals surface area contributed by atoms with Crippen molar-refractivity contribution in [1.82, 2.24) is 19.9 Å². The van der Waals surface area contributed by atoms with Crippen molar-refractivity contribution in [3.05, 3.63) is 77.1 Å². The van der Waals surface area contributed by atoms with E-state index >= 15 is 0 Å². The lowest BCUT2D eigenvalue weighted by molar-refractivity contribution is 0.581. The van der Waals surface area contributed by atoms with Crippen LogP contribution in [0.15, 0.2) is 53.4 Å². The Balaban J connectivity index is 1.54. The smallest absolute Gasteiger partial charge is 0.240 e. The molecule has 0 saturated carbocycles. The molecule has 0 fully saturated rings. The highest BCUT2D eigenvalue weighted by atomic mass is 32.2. The lowest BCUT2D eigenvalue weighted by atomic mass is 10.0. The molecule has 1 heterocycles. The first-order chi connectivity index (χ1) is 13.3. The molecule has 6 nitrogen and oxygen atoms in total. The van der Waals surface area contributed by atoms with Gasteiger partial charge in [0.05, 0.1) is 4.90 Å². The maximum absolute atomic E-state index is 13.0. The summed E-state index contributed by atoms with van der Waals surface area (Å²) in [5.74, 6) is 1.23. The molecule has 3 aromatic rings. The zero-order valence-electron chi connectivity index (χ0n) is 15.8. The summed E-state index contributed by atoms with van der Waals surface area (Å²) < 4.78 is 40.3. The first kappa shape index (κ1) is 20.2. The van der Waals surface area contributed by atoms with E-state index in [4.69, 9.17) is 0 Å². The minimum Gasteiger partial charge on any atom is -0.263 e. The van der Waals surface area contributed by atoms with E-state index in [2.05, 4.69) is 33.8 Å². The first-order valence-corrected chi connectivity index (χ1v) is 10.6. The van der Waals surface area contributed by atoms with E-state index in [1.807, 2.05) is 12.1 Å².